The van der Waals surface area contributed by atoms with Crippen LogP contribution >= 0.6 is 0 Å². The van der Waals surface area contributed by atoms with Gasteiger partial charge in [-0.3, -0.25) is 4.79 Å². The quantitative estimate of drug-likeness (QED) is 0.775. The lowest BCUT2D eigenvalue weighted by molar-refractivity contribution is -0.137. The Morgan fingerprint density at radius 1 is 1.30 bits per heavy atom. The minimum Gasteiger partial charge on any atom is -0.351 e. The van der Waals surface area contributed by atoms with Gasteiger partial charge in [-0.25, -0.2) is 9.67 Å². The Labute approximate surface area is 129 Å². The van der Waals surface area contributed by atoms with Gasteiger partial charge in [-0.1, -0.05) is 5.21 Å². The number of carbonyl (C=O) groups excluding carboxylic acids is 1. The van der Waals surface area contributed by atoms with E-state index in [0.717, 1.165) is 29.7 Å². The summed E-state index contributed by atoms with van der Waals surface area (Å²) in [6, 6.07) is 2.04. The molecule has 2 aromatic rings. The Kier molecular flexibility index (Phi) is 5.27. The fraction of sp³-hybridized carbons (Fsp3) is 0.385. The Hall–Kier alpha value is -2.49. The second-order valence-electron chi connectivity index (χ2n) is 4.70. The summed E-state index contributed by atoms with van der Waals surface area (Å²) in [6.45, 7) is 1.01. The average Bonchev–Trinajstić information content (AvgIpc) is 3.01. The van der Waals surface area contributed by atoms with E-state index in [9.17, 15) is 18.0 Å². The van der Waals surface area contributed by atoms with Crippen LogP contribution in [0.1, 0.15) is 28.9 Å². The van der Waals surface area contributed by atoms with Crippen molar-refractivity contribution in [2.24, 2.45) is 5.73 Å². The van der Waals surface area contributed by atoms with E-state index >= 15 is 0 Å². The van der Waals surface area contributed by atoms with Crippen LogP contribution < -0.4 is 11.1 Å². The lowest BCUT2D eigenvalue weighted by atomic mass is 10.3. The van der Waals surface area contributed by atoms with Crippen LogP contribution in [0.5, 0.6) is 0 Å². The maximum atomic E-state index is 12.5. The molecule has 23 heavy (non-hydrogen) atoms. The number of nitrogens with one attached hydrogen (secondary N) is 1. The van der Waals surface area contributed by atoms with Crippen molar-refractivity contribution < 1.29 is 18.0 Å². The molecule has 10 heteroatoms. The van der Waals surface area contributed by atoms with Gasteiger partial charge in [-0.2, -0.15) is 13.2 Å². The molecule has 124 valence electrons. The topological polar surface area (TPSA) is 98.7 Å². The fourth-order valence-corrected chi connectivity index (χ4v) is 1.73. The first-order chi connectivity index (χ1) is 10.9. The molecule has 0 spiro atoms. The van der Waals surface area contributed by atoms with Crippen molar-refractivity contribution >= 4 is 5.91 Å². The zero-order valence-corrected chi connectivity index (χ0v) is 12.0. The minimum atomic E-state index is -4.46. The van der Waals surface area contributed by atoms with E-state index in [1.54, 1.807) is 0 Å². The molecule has 0 fully saturated rings. The molecule has 0 bridgehead atoms. The number of hydrogen-bond acceptors (Lipinski definition) is 5. The molecule has 1 amide bonds. The van der Waals surface area contributed by atoms with E-state index in [1.807, 2.05) is 0 Å². The molecule has 0 radical (unpaired) electrons. The lowest BCUT2D eigenvalue weighted by Gasteiger charge is -2.06. The summed E-state index contributed by atoms with van der Waals surface area (Å²) in [7, 11) is 0. The SMILES string of the molecule is NCCCCNC(=O)c1cn(-c2ccc(C(F)(F)F)cn2)nn1. The van der Waals surface area contributed by atoms with E-state index in [-0.39, 0.29) is 11.5 Å². The maximum absolute atomic E-state index is 12.5. The van der Waals surface area contributed by atoms with Crippen LogP contribution in [0.3, 0.4) is 0 Å². The summed E-state index contributed by atoms with van der Waals surface area (Å²) in [5.41, 5.74) is 4.54. The van der Waals surface area contributed by atoms with Crippen LogP contribution in [0.15, 0.2) is 24.5 Å². The molecule has 0 unspecified atom stereocenters. The van der Waals surface area contributed by atoms with E-state index in [1.165, 1.54) is 6.20 Å². The standard InChI is InChI=1S/C13H15F3N6O/c14-13(15,16)9-3-4-11(19-7-9)22-8-10(20-21-22)12(23)18-6-2-1-5-17/h3-4,7-8H,1-2,5-6,17H2,(H,18,23). The van der Waals surface area contributed by atoms with Crippen molar-refractivity contribution in [3.05, 3.63) is 35.8 Å². The predicted octanol–water partition coefficient (Wildman–Crippen LogP) is 1.15. The first-order valence-electron chi connectivity index (χ1n) is 6.86. The summed E-state index contributed by atoms with van der Waals surface area (Å²) in [6.07, 6.45) is -0.917. The third kappa shape index (κ3) is 4.49. The molecule has 2 rings (SSSR count). The minimum absolute atomic E-state index is 0.0550. The zero-order chi connectivity index (χ0) is 16.9. The molecule has 0 atom stereocenters. The average molecular weight is 328 g/mol. The van der Waals surface area contributed by atoms with E-state index in [2.05, 4.69) is 20.6 Å². The van der Waals surface area contributed by atoms with Crippen molar-refractivity contribution in [1.82, 2.24) is 25.3 Å². The number of carbonyl (C=O) groups is 1. The van der Waals surface area contributed by atoms with Gasteiger partial charge in [0.15, 0.2) is 11.5 Å². The number of rotatable bonds is 6. The summed E-state index contributed by atoms with van der Waals surface area (Å²) < 4.78 is 38.5. The molecule has 0 saturated heterocycles. The summed E-state index contributed by atoms with van der Waals surface area (Å²) in [5.74, 6) is -0.284. The first kappa shape index (κ1) is 16.9. The lowest BCUT2D eigenvalue weighted by Crippen LogP contribution is -2.25. The van der Waals surface area contributed by atoms with Crippen molar-refractivity contribution in [3.8, 4) is 5.82 Å². The monoisotopic (exact) mass is 328 g/mol. The van der Waals surface area contributed by atoms with Gasteiger partial charge in [0.1, 0.15) is 0 Å². The number of halogens is 3. The van der Waals surface area contributed by atoms with Crippen molar-refractivity contribution in [1.29, 1.82) is 0 Å². The normalized spacial score (nSPS) is 11.5. The summed E-state index contributed by atoms with van der Waals surface area (Å²) in [4.78, 5) is 15.5. The molecule has 0 aliphatic heterocycles. The highest BCUT2D eigenvalue weighted by atomic mass is 19.4. The molecule has 0 aromatic carbocycles. The summed E-state index contributed by atoms with van der Waals surface area (Å²) in [5, 5.41) is 10.0. The number of aromatic nitrogens is 4. The summed E-state index contributed by atoms with van der Waals surface area (Å²) >= 11 is 0. The van der Waals surface area contributed by atoms with Crippen LogP contribution in [0.25, 0.3) is 5.82 Å². The molecule has 7 nitrogen and oxygen atoms in total. The van der Waals surface area contributed by atoms with E-state index < -0.39 is 17.6 Å². The smallest absolute Gasteiger partial charge is 0.351 e. The molecule has 3 N–H and O–H groups in total. The van der Waals surface area contributed by atoms with Crippen molar-refractivity contribution in [2.45, 2.75) is 19.0 Å². The maximum Gasteiger partial charge on any atom is 0.417 e. The van der Waals surface area contributed by atoms with Crippen LogP contribution in [0, 0.1) is 0 Å². The van der Waals surface area contributed by atoms with Gasteiger partial charge in [-0.05, 0) is 31.5 Å². The number of nitrogens with two attached hydrogens (primary N) is 1. The van der Waals surface area contributed by atoms with Gasteiger partial charge in [0.25, 0.3) is 5.91 Å². The first-order valence-corrected chi connectivity index (χ1v) is 6.86. The number of hydrogen-bond donors (Lipinski definition) is 2. The highest BCUT2D eigenvalue weighted by Gasteiger charge is 2.30. The third-order valence-corrected chi connectivity index (χ3v) is 2.95. The molecule has 0 aliphatic carbocycles. The van der Waals surface area contributed by atoms with Gasteiger partial charge in [0.2, 0.25) is 0 Å². The van der Waals surface area contributed by atoms with Gasteiger partial charge in [-0.15, -0.1) is 5.10 Å². The molecular formula is C13H15F3N6O. The number of unbranched alkanes of at least 4 members (excludes halogenated alkanes) is 1. The van der Waals surface area contributed by atoms with E-state index in [0.29, 0.717) is 19.3 Å². The Morgan fingerprint density at radius 3 is 2.70 bits per heavy atom. The zero-order valence-electron chi connectivity index (χ0n) is 12.0. The predicted molar refractivity (Wildman–Crippen MR) is 74.8 cm³/mol. The highest BCUT2D eigenvalue weighted by Crippen LogP contribution is 2.28. The largest absolute Gasteiger partial charge is 0.417 e. The molecule has 2 heterocycles. The molecule has 0 saturated carbocycles. The second-order valence-corrected chi connectivity index (χ2v) is 4.70. The highest BCUT2D eigenvalue weighted by molar-refractivity contribution is 5.91. The van der Waals surface area contributed by atoms with Crippen molar-refractivity contribution in [2.75, 3.05) is 13.1 Å². The third-order valence-electron chi connectivity index (χ3n) is 2.95. The Balaban J connectivity index is 2.02. The number of amides is 1. The van der Waals surface area contributed by atoms with Gasteiger partial charge >= 0.3 is 6.18 Å². The molecule has 0 aliphatic rings. The van der Waals surface area contributed by atoms with Crippen molar-refractivity contribution in [3.63, 3.8) is 0 Å². The van der Waals surface area contributed by atoms with Crippen LogP contribution in [0.4, 0.5) is 13.2 Å². The number of pyridine rings is 1. The van der Waals surface area contributed by atoms with E-state index in [4.69, 9.17) is 5.73 Å². The Bertz CT molecular complexity index is 652. The van der Waals surface area contributed by atoms with Gasteiger partial charge in [0, 0.05) is 12.7 Å². The molecular weight excluding hydrogens is 313 g/mol. The van der Waals surface area contributed by atoms with Crippen LogP contribution in [-0.4, -0.2) is 39.0 Å². The fourth-order valence-electron chi connectivity index (χ4n) is 1.73. The second kappa shape index (κ2) is 7.18. The number of nitrogens with zero attached hydrogens (tertiary/aromatic N) is 4. The van der Waals surface area contributed by atoms with Gasteiger partial charge in [0.05, 0.1) is 11.8 Å². The van der Waals surface area contributed by atoms with Gasteiger partial charge < -0.3 is 11.1 Å². The molecule has 2 aromatic heterocycles. The van der Waals surface area contributed by atoms with Crippen LogP contribution in [0.2, 0.25) is 0 Å². The Morgan fingerprint density at radius 2 is 2.09 bits per heavy atom. The van der Waals surface area contributed by atoms with Crippen LogP contribution in [-0.2, 0) is 6.18 Å². The number of alkyl halides is 3.